The van der Waals surface area contributed by atoms with Crippen LogP contribution in [-0.2, 0) is 11.3 Å². The summed E-state index contributed by atoms with van der Waals surface area (Å²) in [5.41, 5.74) is 9.06. The maximum absolute atomic E-state index is 13.5. The Morgan fingerprint density at radius 2 is 1.58 bits per heavy atom. The van der Waals surface area contributed by atoms with Crippen LogP contribution in [0.5, 0.6) is 0 Å². The van der Waals surface area contributed by atoms with Crippen LogP contribution in [0.25, 0.3) is 0 Å². The number of Topliss-reactive ketones (excluding diaryl/α,β-unsaturated/α-hetero) is 1. The van der Waals surface area contributed by atoms with Crippen LogP contribution in [0.15, 0.2) is 64.8 Å². The highest BCUT2D eigenvalue weighted by atomic mass is 16.2. The molecule has 0 aliphatic heterocycles. The fraction of sp³-hybridized carbons (Fsp3) is 0.448. The second-order valence-electron chi connectivity index (χ2n) is 10.9. The average Bonchev–Trinajstić information content (AvgIpc) is 2.93. The highest BCUT2D eigenvalue weighted by Gasteiger charge is 2.33. The van der Waals surface area contributed by atoms with E-state index in [1.807, 2.05) is 35.2 Å². The summed E-state index contributed by atoms with van der Waals surface area (Å²) in [6.45, 7) is 7.22. The smallest absolute Gasteiger partial charge is 0.265 e. The number of nitrogens with two attached hydrogens (primary N) is 1. The molecule has 0 heterocycles. The second kappa shape index (κ2) is 13.1. The monoisotopic (exact) mass is 518 g/mol. The van der Waals surface area contributed by atoms with Gasteiger partial charge in [0.1, 0.15) is 0 Å². The first-order chi connectivity index (χ1) is 18.1. The molecule has 0 bridgehead atoms. The molecule has 3 rings (SSSR count). The molecule has 4 N–H and O–H groups in total. The molecule has 0 atom stereocenters. The minimum atomic E-state index is -0.482. The number of nitrogens with one attached hydrogen (secondary N) is 2. The van der Waals surface area contributed by atoms with Crippen LogP contribution >= 0.6 is 0 Å². The lowest BCUT2D eigenvalue weighted by Gasteiger charge is -2.41. The third-order valence-corrected chi connectivity index (χ3v) is 7.37. The standard InChI is InChI=1S/C29H38N6O3/c1-29(2,3)23-13-15-24(16-14-23)35(26(37)18-17-25(36)21-7-5-4-6-8-21)19-20-9-11-22(12-10-20)27(38)32-28(33-30)34-31/h4-12,23-24,30H,13-19,31H2,1-3H3,(H,32,34,38). The van der Waals surface area contributed by atoms with Crippen molar-refractivity contribution in [3.8, 4) is 0 Å². The van der Waals surface area contributed by atoms with Crippen LogP contribution in [0.4, 0.5) is 0 Å². The Balaban J connectivity index is 1.72. The zero-order valence-electron chi connectivity index (χ0n) is 22.4. The molecule has 1 aliphatic rings. The SMILES string of the molecule is CC(C)(C)C1CCC(N(Cc2ccc(C(=O)N/C(N=N)=N/N)cc2)C(=O)CCC(=O)c2ccccc2)CC1. The fourth-order valence-electron chi connectivity index (χ4n) is 5.03. The van der Waals surface area contributed by atoms with E-state index in [4.69, 9.17) is 11.4 Å². The molecule has 2 aromatic rings. The first-order valence-corrected chi connectivity index (χ1v) is 13.1. The van der Waals surface area contributed by atoms with Crippen molar-refractivity contribution in [1.82, 2.24) is 10.2 Å². The van der Waals surface area contributed by atoms with Gasteiger partial charge in [0, 0.05) is 36.6 Å². The van der Waals surface area contributed by atoms with Crippen LogP contribution in [0.3, 0.4) is 0 Å². The number of amides is 2. The van der Waals surface area contributed by atoms with Crippen LogP contribution in [0.2, 0.25) is 0 Å². The van der Waals surface area contributed by atoms with Gasteiger partial charge in [-0.25, -0.2) is 5.53 Å². The van der Waals surface area contributed by atoms with Crippen LogP contribution < -0.4 is 11.2 Å². The summed E-state index contributed by atoms with van der Waals surface area (Å²) in [6.07, 6.45) is 4.31. The third kappa shape index (κ3) is 7.81. The van der Waals surface area contributed by atoms with Gasteiger partial charge in [-0.05, 0) is 54.7 Å². The second-order valence-corrected chi connectivity index (χ2v) is 10.9. The van der Waals surface area contributed by atoms with Crippen molar-refractivity contribution in [1.29, 1.82) is 5.53 Å². The number of ketones is 1. The van der Waals surface area contributed by atoms with Crippen LogP contribution in [0.1, 0.15) is 85.6 Å². The number of benzene rings is 2. The van der Waals surface area contributed by atoms with Crippen molar-refractivity contribution < 1.29 is 14.4 Å². The Hall–Kier alpha value is -3.88. The van der Waals surface area contributed by atoms with Gasteiger partial charge < -0.3 is 10.7 Å². The predicted molar refractivity (Wildman–Crippen MR) is 146 cm³/mol. The van der Waals surface area contributed by atoms with Gasteiger partial charge in [0.2, 0.25) is 5.91 Å². The Morgan fingerprint density at radius 3 is 2.13 bits per heavy atom. The molecule has 202 valence electrons. The topological polar surface area (TPSA) is 141 Å². The number of hydrazone groups is 1. The lowest BCUT2D eigenvalue weighted by atomic mass is 9.71. The zero-order chi connectivity index (χ0) is 27.7. The van der Waals surface area contributed by atoms with Crippen LogP contribution in [-0.4, -0.2) is 34.5 Å². The summed E-state index contributed by atoms with van der Waals surface area (Å²) in [7, 11) is 0. The predicted octanol–water partition coefficient (Wildman–Crippen LogP) is 5.27. The fourth-order valence-corrected chi connectivity index (χ4v) is 5.03. The van der Waals surface area contributed by atoms with E-state index in [9.17, 15) is 14.4 Å². The largest absolute Gasteiger partial charge is 0.335 e. The van der Waals surface area contributed by atoms with Gasteiger partial charge in [-0.15, -0.1) is 10.2 Å². The van der Waals surface area contributed by atoms with E-state index in [1.54, 1.807) is 24.3 Å². The number of carbonyl (C=O) groups excluding carboxylic acids is 3. The van der Waals surface area contributed by atoms with Crippen molar-refractivity contribution in [3.63, 3.8) is 0 Å². The number of hydrogen-bond donors (Lipinski definition) is 3. The Morgan fingerprint density at radius 1 is 0.947 bits per heavy atom. The van der Waals surface area contributed by atoms with Crippen molar-refractivity contribution >= 4 is 23.6 Å². The van der Waals surface area contributed by atoms with E-state index in [1.165, 1.54) is 0 Å². The molecule has 0 saturated heterocycles. The molecular formula is C29H38N6O3. The summed E-state index contributed by atoms with van der Waals surface area (Å²) in [4.78, 5) is 40.4. The van der Waals surface area contributed by atoms with E-state index >= 15 is 0 Å². The maximum atomic E-state index is 13.5. The number of rotatable bonds is 8. The quantitative estimate of drug-likeness (QED) is 0.109. The van der Waals surface area contributed by atoms with Crippen molar-refractivity contribution in [2.75, 3.05) is 0 Å². The molecule has 0 aromatic heterocycles. The highest BCUT2D eigenvalue weighted by Crippen LogP contribution is 2.39. The minimum absolute atomic E-state index is 0.0313. The van der Waals surface area contributed by atoms with Crippen LogP contribution in [0, 0.1) is 16.9 Å². The van der Waals surface area contributed by atoms with Gasteiger partial charge in [-0.1, -0.05) is 63.2 Å². The van der Waals surface area contributed by atoms with E-state index in [0.29, 0.717) is 23.6 Å². The summed E-state index contributed by atoms with van der Waals surface area (Å²) in [5.74, 6) is 4.88. The Kier molecular flexibility index (Phi) is 9.87. The average molecular weight is 519 g/mol. The first kappa shape index (κ1) is 28.7. The minimum Gasteiger partial charge on any atom is -0.335 e. The molecule has 1 fully saturated rings. The molecule has 0 radical (unpaired) electrons. The van der Waals surface area contributed by atoms with Gasteiger partial charge >= 0.3 is 0 Å². The van der Waals surface area contributed by atoms with E-state index in [2.05, 4.69) is 36.3 Å². The Labute approximate surface area is 224 Å². The van der Waals surface area contributed by atoms with Crippen molar-refractivity contribution in [3.05, 3.63) is 71.3 Å². The molecule has 1 saturated carbocycles. The Bertz CT molecular complexity index is 1150. The van der Waals surface area contributed by atoms with Crippen molar-refractivity contribution in [2.45, 2.75) is 71.9 Å². The van der Waals surface area contributed by atoms with E-state index < -0.39 is 5.91 Å². The third-order valence-electron chi connectivity index (χ3n) is 7.37. The summed E-state index contributed by atoms with van der Waals surface area (Å²) >= 11 is 0. The number of guanidine groups is 1. The molecule has 9 nitrogen and oxygen atoms in total. The zero-order valence-corrected chi connectivity index (χ0v) is 22.4. The molecule has 0 unspecified atom stereocenters. The van der Waals surface area contributed by atoms with Crippen molar-refractivity contribution in [2.24, 2.45) is 27.4 Å². The van der Waals surface area contributed by atoms with E-state index in [0.717, 1.165) is 31.2 Å². The first-order valence-electron chi connectivity index (χ1n) is 13.1. The maximum Gasteiger partial charge on any atom is 0.265 e. The molecule has 1 aliphatic carbocycles. The molecule has 38 heavy (non-hydrogen) atoms. The van der Waals surface area contributed by atoms with Gasteiger partial charge in [-0.3, -0.25) is 19.7 Å². The number of carbonyl (C=O) groups is 3. The summed E-state index contributed by atoms with van der Waals surface area (Å²) in [5, 5.41) is 8.63. The number of hydrogen-bond acceptors (Lipinski definition) is 6. The lowest BCUT2D eigenvalue weighted by Crippen LogP contribution is -2.43. The van der Waals surface area contributed by atoms with Gasteiger partial charge in [-0.2, -0.15) is 0 Å². The van der Waals surface area contributed by atoms with E-state index in [-0.39, 0.29) is 41.9 Å². The van der Waals surface area contributed by atoms with Gasteiger partial charge in [0.15, 0.2) is 5.78 Å². The van der Waals surface area contributed by atoms with Gasteiger partial charge in [0.05, 0.1) is 0 Å². The highest BCUT2D eigenvalue weighted by molar-refractivity contribution is 6.05. The van der Waals surface area contributed by atoms with Gasteiger partial charge in [0.25, 0.3) is 11.9 Å². The summed E-state index contributed by atoms with van der Waals surface area (Å²) < 4.78 is 0. The number of nitrogens with zero attached hydrogens (tertiary/aromatic N) is 3. The molecule has 0 spiro atoms. The molecule has 2 amide bonds. The lowest BCUT2D eigenvalue weighted by molar-refractivity contribution is -0.135. The molecule has 2 aromatic carbocycles. The normalized spacial score (nSPS) is 17.9. The summed E-state index contributed by atoms with van der Waals surface area (Å²) in [6, 6.07) is 16.1. The molecular weight excluding hydrogens is 480 g/mol. The molecule has 9 heteroatoms.